The molecular weight excluding hydrogens is 321 g/mol. The van der Waals surface area contributed by atoms with E-state index >= 15 is 0 Å². The Morgan fingerprint density at radius 1 is 1.25 bits per heavy atom. The molecule has 0 aromatic heterocycles. The van der Waals surface area contributed by atoms with Gasteiger partial charge >= 0.3 is 0 Å². The third-order valence-electron chi connectivity index (χ3n) is 3.49. The maximum absolute atomic E-state index is 12.4. The first-order valence-corrected chi connectivity index (χ1v) is 8.93. The molecule has 20 heavy (non-hydrogen) atoms. The van der Waals surface area contributed by atoms with Crippen LogP contribution in [0.2, 0.25) is 10.0 Å². The van der Waals surface area contributed by atoms with E-state index in [1.165, 1.54) is 12.3 Å². The zero-order valence-electron chi connectivity index (χ0n) is 11.0. The minimum Gasteiger partial charge on any atom is -0.339 e. The number of halogens is 2. The number of benzene rings is 1. The summed E-state index contributed by atoms with van der Waals surface area (Å²) in [6.07, 6.45) is 2.16. The number of carbonyl (C=O) groups is 1. The molecule has 0 unspecified atom stereocenters. The molecule has 0 bridgehead atoms. The first kappa shape index (κ1) is 15.6. The van der Waals surface area contributed by atoms with Crippen LogP contribution in [0.15, 0.2) is 18.2 Å². The van der Waals surface area contributed by atoms with E-state index in [-0.39, 0.29) is 11.2 Å². The van der Waals surface area contributed by atoms with Crippen molar-refractivity contribution in [3.05, 3.63) is 33.8 Å². The topological polar surface area (TPSA) is 54.5 Å². The molecule has 1 aliphatic rings. The lowest BCUT2D eigenvalue weighted by Gasteiger charge is -2.31. The number of rotatable bonds is 2. The van der Waals surface area contributed by atoms with E-state index in [1.54, 1.807) is 17.0 Å². The van der Waals surface area contributed by atoms with Gasteiger partial charge in [0.05, 0.1) is 15.8 Å². The van der Waals surface area contributed by atoms with Crippen molar-refractivity contribution in [1.29, 1.82) is 0 Å². The molecule has 0 saturated carbocycles. The Morgan fingerprint density at radius 3 is 2.40 bits per heavy atom. The highest BCUT2D eigenvalue weighted by molar-refractivity contribution is 7.91. The standard InChI is InChI=1S/C13H15Cl2NO3S/c1-20(18,19)10-4-6-16(7-5-10)13(17)11-8-9(14)2-3-12(11)15/h2-3,8,10H,4-7H2,1H3. The third-order valence-corrected chi connectivity index (χ3v) is 5.74. The highest BCUT2D eigenvalue weighted by Gasteiger charge is 2.29. The first-order valence-electron chi connectivity index (χ1n) is 6.22. The molecule has 1 heterocycles. The van der Waals surface area contributed by atoms with Gasteiger partial charge in [-0.2, -0.15) is 0 Å². The minimum atomic E-state index is -3.04. The van der Waals surface area contributed by atoms with E-state index in [0.29, 0.717) is 41.5 Å². The van der Waals surface area contributed by atoms with Gasteiger partial charge in [0.1, 0.15) is 9.84 Å². The number of sulfone groups is 1. The van der Waals surface area contributed by atoms with Crippen molar-refractivity contribution < 1.29 is 13.2 Å². The zero-order valence-corrected chi connectivity index (χ0v) is 13.3. The van der Waals surface area contributed by atoms with Gasteiger partial charge in [0.15, 0.2) is 0 Å². The van der Waals surface area contributed by atoms with E-state index in [0.717, 1.165) is 0 Å². The molecule has 0 atom stereocenters. The number of likely N-dealkylation sites (tertiary alicyclic amines) is 1. The summed E-state index contributed by atoms with van der Waals surface area (Å²) in [7, 11) is -3.04. The smallest absolute Gasteiger partial charge is 0.255 e. The van der Waals surface area contributed by atoms with Crippen molar-refractivity contribution in [2.24, 2.45) is 0 Å². The van der Waals surface area contributed by atoms with E-state index in [2.05, 4.69) is 0 Å². The van der Waals surface area contributed by atoms with Gasteiger partial charge in [-0.15, -0.1) is 0 Å². The maximum atomic E-state index is 12.4. The molecule has 110 valence electrons. The summed E-state index contributed by atoms with van der Waals surface area (Å²) in [6.45, 7) is 0.832. The summed E-state index contributed by atoms with van der Waals surface area (Å²) < 4.78 is 23.0. The second kappa shape index (κ2) is 5.92. The van der Waals surface area contributed by atoms with Gasteiger partial charge < -0.3 is 4.90 Å². The Kier molecular flexibility index (Phi) is 4.62. The lowest BCUT2D eigenvalue weighted by Crippen LogP contribution is -2.42. The Labute approximate surface area is 128 Å². The number of amides is 1. The van der Waals surface area contributed by atoms with E-state index < -0.39 is 9.84 Å². The van der Waals surface area contributed by atoms with Crippen molar-refractivity contribution in [3.63, 3.8) is 0 Å². The molecule has 0 radical (unpaired) electrons. The van der Waals surface area contributed by atoms with Crippen molar-refractivity contribution >= 4 is 38.9 Å². The molecule has 0 spiro atoms. The molecule has 1 amide bonds. The first-order chi connectivity index (χ1) is 9.29. The van der Waals surface area contributed by atoms with Crippen LogP contribution in [-0.2, 0) is 9.84 Å². The maximum Gasteiger partial charge on any atom is 0.255 e. The summed E-state index contributed by atoms with van der Waals surface area (Å²) in [6, 6.07) is 4.74. The van der Waals surface area contributed by atoms with Crippen molar-refractivity contribution in [2.45, 2.75) is 18.1 Å². The Balaban J connectivity index is 2.11. The monoisotopic (exact) mass is 335 g/mol. The van der Waals surface area contributed by atoms with E-state index in [4.69, 9.17) is 23.2 Å². The molecule has 2 rings (SSSR count). The largest absolute Gasteiger partial charge is 0.339 e. The minimum absolute atomic E-state index is 0.204. The van der Waals surface area contributed by atoms with Crippen LogP contribution < -0.4 is 0 Å². The van der Waals surface area contributed by atoms with E-state index in [9.17, 15) is 13.2 Å². The molecule has 7 heteroatoms. The Hall–Kier alpha value is -0.780. The summed E-state index contributed by atoms with van der Waals surface area (Å²) in [5.41, 5.74) is 0.358. The predicted octanol–water partition coefficient (Wildman–Crippen LogP) is 2.64. The number of piperidine rings is 1. The van der Waals surface area contributed by atoms with Crippen LogP contribution in [0.25, 0.3) is 0 Å². The van der Waals surface area contributed by atoms with Gasteiger partial charge in [0.2, 0.25) is 0 Å². The molecular formula is C13H15Cl2NO3S. The lowest BCUT2D eigenvalue weighted by molar-refractivity contribution is 0.0726. The fourth-order valence-corrected chi connectivity index (χ4v) is 3.76. The van der Waals surface area contributed by atoms with Gasteiger partial charge in [0, 0.05) is 24.4 Å². The second-order valence-corrected chi connectivity index (χ2v) is 8.11. The molecule has 4 nitrogen and oxygen atoms in total. The van der Waals surface area contributed by atoms with Crippen molar-refractivity contribution in [1.82, 2.24) is 4.90 Å². The molecule has 1 saturated heterocycles. The number of hydrogen-bond donors (Lipinski definition) is 0. The van der Waals surface area contributed by atoms with Gasteiger partial charge in [-0.3, -0.25) is 4.79 Å². The van der Waals surface area contributed by atoms with Crippen LogP contribution >= 0.6 is 23.2 Å². The van der Waals surface area contributed by atoms with E-state index in [1.807, 2.05) is 0 Å². The van der Waals surface area contributed by atoms with Crippen LogP contribution in [0.3, 0.4) is 0 Å². The Bertz CT molecular complexity index is 623. The fourth-order valence-electron chi connectivity index (χ4n) is 2.32. The Morgan fingerprint density at radius 2 is 1.85 bits per heavy atom. The quantitative estimate of drug-likeness (QED) is 0.834. The number of carbonyl (C=O) groups excluding carboxylic acids is 1. The molecule has 0 N–H and O–H groups in total. The fraction of sp³-hybridized carbons (Fsp3) is 0.462. The van der Waals surface area contributed by atoms with Gasteiger partial charge in [0.25, 0.3) is 5.91 Å². The normalized spacial score (nSPS) is 17.2. The zero-order chi connectivity index (χ0) is 14.9. The molecule has 1 aromatic carbocycles. The summed E-state index contributed by atoms with van der Waals surface area (Å²) in [4.78, 5) is 14.0. The lowest BCUT2D eigenvalue weighted by atomic mass is 10.1. The summed E-state index contributed by atoms with van der Waals surface area (Å²) in [5, 5.41) is 0.440. The van der Waals surface area contributed by atoms with Gasteiger partial charge in [-0.1, -0.05) is 23.2 Å². The summed E-state index contributed by atoms with van der Waals surface area (Å²) in [5.74, 6) is -0.204. The van der Waals surface area contributed by atoms with Crippen LogP contribution in [0.4, 0.5) is 0 Å². The third kappa shape index (κ3) is 3.45. The molecule has 1 aromatic rings. The van der Waals surface area contributed by atoms with Crippen LogP contribution in [-0.4, -0.2) is 43.8 Å². The highest BCUT2D eigenvalue weighted by Crippen LogP contribution is 2.24. The number of nitrogens with zero attached hydrogens (tertiary/aromatic N) is 1. The van der Waals surface area contributed by atoms with Crippen molar-refractivity contribution in [3.8, 4) is 0 Å². The van der Waals surface area contributed by atoms with Gasteiger partial charge in [-0.25, -0.2) is 8.42 Å². The summed E-state index contributed by atoms with van der Waals surface area (Å²) >= 11 is 11.9. The second-order valence-electron chi connectivity index (χ2n) is 4.95. The predicted molar refractivity (Wildman–Crippen MR) is 80.2 cm³/mol. The van der Waals surface area contributed by atoms with Crippen molar-refractivity contribution in [2.75, 3.05) is 19.3 Å². The van der Waals surface area contributed by atoms with Gasteiger partial charge in [-0.05, 0) is 31.0 Å². The molecule has 1 aliphatic heterocycles. The SMILES string of the molecule is CS(=O)(=O)C1CCN(C(=O)c2cc(Cl)ccc2Cl)CC1. The number of hydrogen-bond acceptors (Lipinski definition) is 3. The average molecular weight is 336 g/mol. The molecule has 1 fully saturated rings. The van der Waals surface area contributed by atoms with Crippen LogP contribution in [0.5, 0.6) is 0 Å². The van der Waals surface area contributed by atoms with Crippen LogP contribution in [0, 0.1) is 0 Å². The molecule has 0 aliphatic carbocycles. The van der Waals surface area contributed by atoms with Crippen LogP contribution in [0.1, 0.15) is 23.2 Å². The average Bonchev–Trinajstić information content (AvgIpc) is 2.40. The highest BCUT2D eigenvalue weighted by atomic mass is 35.5.